The molecule has 28 heavy (non-hydrogen) atoms. The first kappa shape index (κ1) is 18.2. The Morgan fingerprint density at radius 1 is 0.679 bits per heavy atom. The van der Waals surface area contributed by atoms with Gasteiger partial charge in [-0.25, -0.2) is 8.78 Å². The van der Waals surface area contributed by atoms with Crippen molar-refractivity contribution in [1.29, 1.82) is 0 Å². The Morgan fingerprint density at radius 3 is 2.04 bits per heavy atom. The summed E-state index contributed by atoms with van der Waals surface area (Å²) >= 11 is 0. The fraction of sp³-hybridized carbons (Fsp3) is 0.120. The molecule has 0 heterocycles. The Hall–Kier alpha value is -3.20. The van der Waals surface area contributed by atoms with Crippen LogP contribution < -0.4 is 4.74 Å². The molecule has 0 N–H and O–H groups in total. The first-order valence-corrected chi connectivity index (χ1v) is 9.25. The number of rotatable bonds is 4. The van der Waals surface area contributed by atoms with E-state index in [-0.39, 0.29) is 11.6 Å². The average Bonchev–Trinajstić information content (AvgIpc) is 2.72. The number of methoxy groups -OCH3 is 1. The molecule has 3 heteroatoms. The van der Waals surface area contributed by atoms with E-state index in [2.05, 4.69) is 37.3 Å². The number of halogens is 2. The minimum Gasteiger partial charge on any atom is -0.494 e. The Morgan fingerprint density at radius 2 is 1.32 bits per heavy atom. The van der Waals surface area contributed by atoms with Gasteiger partial charge in [0.15, 0.2) is 11.6 Å². The van der Waals surface area contributed by atoms with E-state index in [4.69, 9.17) is 4.74 Å². The largest absolute Gasteiger partial charge is 0.494 e. The monoisotopic (exact) mass is 374 g/mol. The van der Waals surface area contributed by atoms with Crippen LogP contribution in [0.3, 0.4) is 0 Å². The Labute approximate surface area is 163 Å². The summed E-state index contributed by atoms with van der Waals surface area (Å²) < 4.78 is 33.7. The van der Waals surface area contributed by atoms with E-state index in [9.17, 15) is 8.78 Å². The van der Waals surface area contributed by atoms with Gasteiger partial charge < -0.3 is 4.74 Å². The third kappa shape index (κ3) is 3.36. The standard InChI is InChI=1S/C25H20F2O/c1-3-16-4-5-18-13-19(7-6-17(18)12-16)20-8-10-22(23(26)14-20)21-9-11-25(28-2)24(27)15-21/h4-15H,3H2,1-2H3. The molecule has 0 aliphatic rings. The minimum atomic E-state index is -0.510. The number of fused-ring (bicyclic) bond motifs is 1. The van der Waals surface area contributed by atoms with E-state index in [0.29, 0.717) is 11.1 Å². The lowest BCUT2D eigenvalue weighted by Gasteiger charge is -2.10. The van der Waals surface area contributed by atoms with Crippen LogP contribution in [-0.2, 0) is 6.42 Å². The first-order valence-electron chi connectivity index (χ1n) is 9.25. The summed E-state index contributed by atoms with van der Waals surface area (Å²) in [6.45, 7) is 2.13. The zero-order valence-corrected chi connectivity index (χ0v) is 15.8. The molecule has 0 amide bonds. The first-order chi connectivity index (χ1) is 13.6. The van der Waals surface area contributed by atoms with Gasteiger partial charge in [0.05, 0.1) is 7.11 Å². The van der Waals surface area contributed by atoms with E-state index >= 15 is 0 Å². The van der Waals surface area contributed by atoms with Gasteiger partial charge in [0.2, 0.25) is 0 Å². The zero-order valence-electron chi connectivity index (χ0n) is 15.8. The Kier molecular flexibility index (Phi) is 4.82. The molecule has 0 aliphatic heterocycles. The van der Waals surface area contributed by atoms with Crippen molar-refractivity contribution >= 4 is 10.8 Å². The highest BCUT2D eigenvalue weighted by atomic mass is 19.1. The fourth-order valence-corrected chi connectivity index (χ4v) is 3.46. The molecule has 0 bridgehead atoms. The van der Waals surface area contributed by atoms with Gasteiger partial charge in [-0.05, 0) is 63.7 Å². The van der Waals surface area contributed by atoms with Crippen molar-refractivity contribution in [3.8, 4) is 28.0 Å². The molecule has 0 aromatic heterocycles. The van der Waals surface area contributed by atoms with Crippen LogP contribution in [0.25, 0.3) is 33.0 Å². The second kappa shape index (κ2) is 7.43. The molecule has 0 fully saturated rings. The van der Waals surface area contributed by atoms with Gasteiger partial charge in [-0.15, -0.1) is 0 Å². The van der Waals surface area contributed by atoms with Crippen molar-refractivity contribution in [2.45, 2.75) is 13.3 Å². The number of ether oxygens (including phenoxy) is 1. The van der Waals surface area contributed by atoms with Crippen LogP contribution in [0.4, 0.5) is 8.78 Å². The molecule has 1 nitrogen and oxygen atoms in total. The SMILES string of the molecule is CCc1ccc2cc(-c3ccc(-c4ccc(OC)c(F)c4)c(F)c3)ccc2c1. The van der Waals surface area contributed by atoms with E-state index < -0.39 is 5.82 Å². The normalized spacial score (nSPS) is 11.0. The van der Waals surface area contributed by atoms with Gasteiger partial charge in [-0.3, -0.25) is 0 Å². The molecular weight excluding hydrogens is 354 g/mol. The maximum Gasteiger partial charge on any atom is 0.165 e. The molecule has 0 spiro atoms. The van der Waals surface area contributed by atoms with Crippen molar-refractivity contribution in [2.75, 3.05) is 7.11 Å². The molecule has 0 saturated heterocycles. The van der Waals surface area contributed by atoms with Crippen LogP contribution in [0.15, 0.2) is 72.8 Å². The summed E-state index contributed by atoms with van der Waals surface area (Å²) in [5.74, 6) is -0.754. The van der Waals surface area contributed by atoms with Crippen LogP contribution in [-0.4, -0.2) is 7.11 Å². The molecule has 4 aromatic rings. The summed E-state index contributed by atoms with van der Waals surface area (Å²) in [4.78, 5) is 0. The van der Waals surface area contributed by atoms with Crippen LogP contribution in [0.5, 0.6) is 5.75 Å². The van der Waals surface area contributed by atoms with Crippen molar-refractivity contribution in [2.24, 2.45) is 0 Å². The Balaban J connectivity index is 1.71. The second-order valence-corrected chi connectivity index (χ2v) is 6.79. The van der Waals surface area contributed by atoms with Gasteiger partial charge in [0, 0.05) is 5.56 Å². The van der Waals surface area contributed by atoms with Gasteiger partial charge in [0.1, 0.15) is 5.82 Å². The van der Waals surface area contributed by atoms with Gasteiger partial charge in [-0.2, -0.15) is 0 Å². The van der Waals surface area contributed by atoms with Crippen molar-refractivity contribution in [3.05, 3.63) is 90.0 Å². The Bertz CT molecular complexity index is 1160. The third-order valence-electron chi connectivity index (χ3n) is 5.08. The molecule has 140 valence electrons. The van der Waals surface area contributed by atoms with E-state index in [1.165, 1.54) is 36.3 Å². The predicted molar refractivity (Wildman–Crippen MR) is 111 cm³/mol. The highest BCUT2D eigenvalue weighted by Crippen LogP contribution is 2.31. The smallest absolute Gasteiger partial charge is 0.165 e. The highest BCUT2D eigenvalue weighted by Gasteiger charge is 2.11. The summed E-state index contributed by atoms with van der Waals surface area (Å²) in [6, 6.07) is 22.0. The minimum absolute atomic E-state index is 0.142. The third-order valence-corrected chi connectivity index (χ3v) is 5.08. The van der Waals surface area contributed by atoms with Crippen LogP contribution in [0.1, 0.15) is 12.5 Å². The molecule has 0 unspecified atom stereocenters. The number of hydrogen-bond donors (Lipinski definition) is 0. The lowest BCUT2D eigenvalue weighted by Crippen LogP contribution is -1.91. The van der Waals surface area contributed by atoms with Crippen molar-refractivity contribution in [3.63, 3.8) is 0 Å². The van der Waals surface area contributed by atoms with Crippen LogP contribution in [0, 0.1) is 11.6 Å². The molecule has 0 saturated carbocycles. The molecule has 0 radical (unpaired) electrons. The quantitative estimate of drug-likeness (QED) is 0.373. The average molecular weight is 374 g/mol. The molecule has 0 aliphatic carbocycles. The fourth-order valence-electron chi connectivity index (χ4n) is 3.46. The lowest BCUT2D eigenvalue weighted by molar-refractivity contribution is 0.386. The van der Waals surface area contributed by atoms with E-state index in [1.807, 2.05) is 12.1 Å². The molecule has 4 rings (SSSR count). The topological polar surface area (TPSA) is 9.23 Å². The summed E-state index contributed by atoms with van der Waals surface area (Å²) in [5.41, 5.74) is 3.87. The van der Waals surface area contributed by atoms with Gasteiger partial charge in [-0.1, -0.05) is 55.5 Å². The molecular formula is C25H20F2O. The highest BCUT2D eigenvalue weighted by molar-refractivity contribution is 5.88. The van der Waals surface area contributed by atoms with Gasteiger partial charge >= 0.3 is 0 Å². The summed E-state index contributed by atoms with van der Waals surface area (Å²) in [6.07, 6.45) is 0.996. The predicted octanol–water partition coefficient (Wildman–Crippen LogP) is 7.02. The van der Waals surface area contributed by atoms with Crippen molar-refractivity contribution < 1.29 is 13.5 Å². The lowest BCUT2D eigenvalue weighted by atomic mass is 9.97. The zero-order chi connectivity index (χ0) is 19.7. The van der Waals surface area contributed by atoms with Crippen molar-refractivity contribution in [1.82, 2.24) is 0 Å². The van der Waals surface area contributed by atoms with Crippen LogP contribution in [0.2, 0.25) is 0 Å². The van der Waals surface area contributed by atoms with E-state index in [0.717, 1.165) is 22.9 Å². The van der Waals surface area contributed by atoms with Crippen LogP contribution >= 0.6 is 0 Å². The van der Waals surface area contributed by atoms with Gasteiger partial charge in [0.25, 0.3) is 0 Å². The number of hydrogen-bond acceptors (Lipinski definition) is 1. The molecule has 4 aromatic carbocycles. The number of aryl methyl sites for hydroxylation is 1. The maximum atomic E-state index is 14.8. The second-order valence-electron chi connectivity index (χ2n) is 6.79. The van der Waals surface area contributed by atoms with E-state index in [1.54, 1.807) is 12.1 Å². The molecule has 0 atom stereocenters. The number of benzene rings is 4. The summed E-state index contributed by atoms with van der Waals surface area (Å²) in [7, 11) is 1.40. The maximum absolute atomic E-state index is 14.8. The summed E-state index contributed by atoms with van der Waals surface area (Å²) in [5, 5.41) is 2.30.